The van der Waals surface area contributed by atoms with Crippen molar-refractivity contribution in [1.29, 1.82) is 0 Å². The minimum atomic E-state index is -1.96. The summed E-state index contributed by atoms with van der Waals surface area (Å²) >= 11 is 3.28. The Morgan fingerprint density at radius 1 is 0.962 bits per heavy atom. The standard InChI is InChI=1S/C38H48BrNO12/c1-23(2)27-22-50-37(44)40(27)35(43)24(3)31-28(42)18-30(39)38(45,52-31)16-11-17-47-34-33(49-21-26-14-9-6-10-15-26)32(29(19-41)51-36(34)46-4)48-20-25-12-7-5-8-13-25/h5-10,12-15,18,23-24,27,29,31-34,36,41,45H,11,16-17,19-22H2,1-4H3/t24-,27+,29-,31-,32-,33+,34+,36+,38+/m1/s1. The number of aliphatic hydroxyl groups is 2. The zero-order chi connectivity index (χ0) is 37.4. The summed E-state index contributed by atoms with van der Waals surface area (Å²) in [6, 6.07) is 18.8. The summed E-state index contributed by atoms with van der Waals surface area (Å²) in [5, 5.41) is 21.9. The highest BCUT2D eigenvalue weighted by Crippen LogP contribution is 2.38. The molecule has 2 saturated heterocycles. The smallest absolute Gasteiger partial charge is 0.416 e. The molecule has 52 heavy (non-hydrogen) atoms. The van der Waals surface area contributed by atoms with Gasteiger partial charge in [0.05, 0.1) is 36.3 Å². The maximum atomic E-state index is 13.5. The molecule has 2 N–H and O–H groups in total. The largest absolute Gasteiger partial charge is 0.447 e. The van der Waals surface area contributed by atoms with Crippen molar-refractivity contribution >= 4 is 33.7 Å². The average molecular weight is 791 g/mol. The van der Waals surface area contributed by atoms with Gasteiger partial charge in [-0.25, -0.2) is 9.69 Å². The van der Waals surface area contributed by atoms with Crippen LogP contribution >= 0.6 is 15.9 Å². The fourth-order valence-electron chi connectivity index (χ4n) is 6.55. The van der Waals surface area contributed by atoms with E-state index >= 15 is 0 Å². The molecule has 2 aromatic rings. The van der Waals surface area contributed by atoms with Crippen molar-refractivity contribution in [3.63, 3.8) is 0 Å². The van der Waals surface area contributed by atoms with Crippen molar-refractivity contribution in [3.8, 4) is 0 Å². The van der Waals surface area contributed by atoms with Crippen molar-refractivity contribution in [2.45, 2.75) is 95.5 Å². The van der Waals surface area contributed by atoms with Crippen molar-refractivity contribution in [2.75, 3.05) is 26.9 Å². The summed E-state index contributed by atoms with van der Waals surface area (Å²) in [6.07, 6.45) is -4.68. The van der Waals surface area contributed by atoms with Crippen LogP contribution in [0.4, 0.5) is 4.79 Å². The molecule has 5 rings (SSSR count). The molecule has 3 aliphatic rings. The molecule has 3 heterocycles. The van der Waals surface area contributed by atoms with Gasteiger partial charge in [0, 0.05) is 20.1 Å². The second-order valence-electron chi connectivity index (χ2n) is 13.5. The van der Waals surface area contributed by atoms with Gasteiger partial charge in [-0.05, 0) is 45.5 Å². The molecule has 13 nitrogen and oxygen atoms in total. The van der Waals surface area contributed by atoms with Crippen LogP contribution in [-0.4, -0.2) is 108 Å². The number of ether oxygens (including phenoxy) is 7. The van der Waals surface area contributed by atoms with E-state index in [0.717, 1.165) is 16.0 Å². The fourth-order valence-corrected chi connectivity index (χ4v) is 7.06. The Morgan fingerprint density at radius 2 is 1.58 bits per heavy atom. The molecule has 14 heteroatoms. The van der Waals surface area contributed by atoms with Gasteiger partial charge in [0.1, 0.15) is 37.1 Å². The fraction of sp³-hybridized carbons (Fsp3) is 0.553. The zero-order valence-corrected chi connectivity index (χ0v) is 31.4. The first-order valence-electron chi connectivity index (χ1n) is 17.5. The van der Waals surface area contributed by atoms with E-state index in [1.165, 1.54) is 20.1 Å². The molecule has 0 bridgehead atoms. The minimum Gasteiger partial charge on any atom is -0.447 e. The number of benzene rings is 2. The molecule has 0 radical (unpaired) electrons. The summed E-state index contributed by atoms with van der Waals surface area (Å²) in [5.74, 6) is -4.26. The van der Waals surface area contributed by atoms with Gasteiger partial charge in [0.2, 0.25) is 5.91 Å². The Bertz CT molecular complexity index is 1530. The van der Waals surface area contributed by atoms with Crippen LogP contribution in [0.2, 0.25) is 0 Å². The lowest BCUT2D eigenvalue weighted by Gasteiger charge is -2.45. The molecular formula is C38H48BrNO12. The normalized spacial score (nSPS) is 30.0. The Morgan fingerprint density at radius 3 is 2.15 bits per heavy atom. The van der Waals surface area contributed by atoms with Crippen LogP contribution in [0.1, 0.15) is 44.7 Å². The second kappa shape index (κ2) is 18.3. The Kier molecular flexibility index (Phi) is 14.1. The number of hydrogen-bond acceptors (Lipinski definition) is 12. The maximum Gasteiger partial charge on any atom is 0.416 e. The molecule has 0 spiro atoms. The first kappa shape index (κ1) is 40.1. The average Bonchev–Trinajstić information content (AvgIpc) is 3.55. The Hall–Kier alpha value is -3.05. The number of carbonyl (C=O) groups is 3. The predicted molar refractivity (Wildman–Crippen MR) is 190 cm³/mol. The lowest BCUT2D eigenvalue weighted by molar-refractivity contribution is -0.320. The lowest BCUT2D eigenvalue weighted by atomic mass is 9.93. The number of nitrogens with zero attached hydrogens (tertiary/aromatic N) is 1. The summed E-state index contributed by atoms with van der Waals surface area (Å²) < 4.78 is 42.1. The highest BCUT2D eigenvalue weighted by molar-refractivity contribution is 9.11. The van der Waals surface area contributed by atoms with Crippen molar-refractivity contribution in [3.05, 3.63) is 82.3 Å². The van der Waals surface area contributed by atoms with E-state index in [1.807, 2.05) is 74.5 Å². The summed E-state index contributed by atoms with van der Waals surface area (Å²) in [4.78, 5) is 40.0. The number of hydrogen-bond donors (Lipinski definition) is 2. The highest BCUT2D eigenvalue weighted by Gasteiger charge is 2.50. The molecule has 2 aromatic carbocycles. The molecule has 0 unspecified atom stereocenters. The number of halogens is 1. The number of rotatable bonds is 16. The number of amides is 2. The molecule has 0 saturated carbocycles. The van der Waals surface area contributed by atoms with E-state index < -0.39 is 72.3 Å². The minimum absolute atomic E-state index is 0.0247. The SMILES string of the molecule is CO[C@H]1O[C@H](CO)[C@@H](OCc2ccccc2)[C@H](OCc2ccccc2)[C@@H]1OCCC[C@]1(O)O[C@H]([C@@H](C)C(=O)N2C(=O)OC[C@H]2C(C)C)C(=O)C=C1Br. The number of imide groups is 1. The summed E-state index contributed by atoms with van der Waals surface area (Å²) in [7, 11) is 1.47. The van der Waals surface area contributed by atoms with Gasteiger partial charge < -0.3 is 43.4 Å². The van der Waals surface area contributed by atoms with Crippen LogP contribution in [0.25, 0.3) is 0 Å². The van der Waals surface area contributed by atoms with Crippen LogP contribution in [-0.2, 0) is 56.0 Å². The number of aliphatic hydroxyl groups excluding tert-OH is 1. The van der Waals surface area contributed by atoms with Crippen LogP contribution < -0.4 is 0 Å². The summed E-state index contributed by atoms with van der Waals surface area (Å²) in [6.45, 7) is 5.50. The van der Waals surface area contributed by atoms with Crippen LogP contribution in [0.15, 0.2) is 71.2 Å². The monoisotopic (exact) mass is 789 g/mol. The molecular weight excluding hydrogens is 742 g/mol. The van der Waals surface area contributed by atoms with Gasteiger partial charge in [-0.2, -0.15) is 0 Å². The van der Waals surface area contributed by atoms with E-state index in [1.54, 1.807) is 0 Å². The van der Waals surface area contributed by atoms with Crippen molar-refractivity contribution in [2.24, 2.45) is 11.8 Å². The Labute approximate surface area is 312 Å². The van der Waals surface area contributed by atoms with Gasteiger partial charge in [0.25, 0.3) is 0 Å². The van der Waals surface area contributed by atoms with Crippen LogP contribution in [0, 0.1) is 11.8 Å². The molecule has 3 aliphatic heterocycles. The van der Waals surface area contributed by atoms with Gasteiger partial charge in [-0.15, -0.1) is 0 Å². The van der Waals surface area contributed by atoms with Crippen LogP contribution in [0.5, 0.6) is 0 Å². The number of carbonyl (C=O) groups excluding carboxylic acids is 3. The zero-order valence-electron chi connectivity index (χ0n) is 29.8. The summed E-state index contributed by atoms with van der Waals surface area (Å²) in [5.41, 5.74) is 1.86. The molecule has 284 valence electrons. The third kappa shape index (κ3) is 9.35. The second-order valence-corrected chi connectivity index (χ2v) is 14.4. The van der Waals surface area contributed by atoms with E-state index in [0.29, 0.717) is 0 Å². The molecule has 2 amide bonds. The molecule has 0 aliphatic carbocycles. The van der Waals surface area contributed by atoms with Crippen LogP contribution in [0.3, 0.4) is 0 Å². The quantitative estimate of drug-likeness (QED) is 0.233. The highest BCUT2D eigenvalue weighted by atomic mass is 79.9. The molecule has 9 atom stereocenters. The maximum absolute atomic E-state index is 13.5. The molecule has 2 fully saturated rings. The molecule has 0 aromatic heterocycles. The van der Waals surface area contributed by atoms with Crippen molar-refractivity contribution in [1.82, 2.24) is 4.90 Å². The number of ketones is 1. The van der Waals surface area contributed by atoms with Gasteiger partial charge in [-0.3, -0.25) is 9.59 Å². The van der Waals surface area contributed by atoms with Gasteiger partial charge in [-0.1, -0.05) is 81.4 Å². The first-order chi connectivity index (χ1) is 25.0. The van der Waals surface area contributed by atoms with E-state index in [4.69, 9.17) is 33.2 Å². The third-order valence-corrected chi connectivity index (χ3v) is 10.4. The van der Waals surface area contributed by atoms with Gasteiger partial charge in [0.15, 0.2) is 17.9 Å². The van der Waals surface area contributed by atoms with E-state index in [9.17, 15) is 24.6 Å². The van der Waals surface area contributed by atoms with Crippen molar-refractivity contribution < 1.29 is 57.8 Å². The third-order valence-electron chi connectivity index (χ3n) is 9.55. The topological polar surface area (TPSA) is 160 Å². The lowest BCUT2D eigenvalue weighted by Crippen LogP contribution is -2.61. The van der Waals surface area contributed by atoms with E-state index in [2.05, 4.69) is 15.9 Å². The number of methoxy groups -OCH3 is 1. The first-order valence-corrected chi connectivity index (χ1v) is 18.3. The van der Waals surface area contributed by atoms with E-state index in [-0.39, 0.29) is 56.3 Å². The Balaban J connectivity index is 1.27. The number of cyclic esters (lactones) is 1. The predicted octanol–water partition coefficient (Wildman–Crippen LogP) is 4.26. The van der Waals surface area contributed by atoms with Gasteiger partial charge >= 0.3 is 6.09 Å².